The zero-order valence-corrected chi connectivity index (χ0v) is 17.5. The molecule has 0 unspecified atom stereocenters. The third kappa shape index (κ3) is 3.40. The number of fused-ring (bicyclic) bond motifs is 2. The minimum Gasteiger partial charge on any atom is -0.391 e. The Bertz CT molecular complexity index is 1330. The largest absolute Gasteiger partial charge is 0.391 e. The van der Waals surface area contributed by atoms with Gasteiger partial charge in [-0.3, -0.25) is 4.79 Å². The van der Waals surface area contributed by atoms with E-state index in [9.17, 15) is 9.90 Å². The molecule has 1 aliphatic carbocycles. The van der Waals surface area contributed by atoms with Crippen LogP contribution in [0.25, 0.3) is 16.9 Å². The Morgan fingerprint density at radius 3 is 2.72 bits per heavy atom. The fraction of sp³-hybridized carbons (Fsp3) is 0.240. The van der Waals surface area contributed by atoms with Crippen molar-refractivity contribution in [2.45, 2.75) is 25.4 Å². The highest BCUT2D eigenvalue weighted by molar-refractivity contribution is 5.88. The number of imidazole rings is 1. The van der Waals surface area contributed by atoms with Crippen LogP contribution in [0.5, 0.6) is 0 Å². The second-order valence-electron chi connectivity index (χ2n) is 8.57. The molecular formula is C25H23N5O2. The molecule has 2 aromatic carbocycles. The Morgan fingerprint density at radius 1 is 1.06 bits per heavy atom. The first-order chi connectivity index (χ1) is 15.6. The van der Waals surface area contributed by atoms with Gasteiger partial charge < -0.3 is 19.7 Å². The van der Waals surface area contributed by atoms with E-state index in [1.165, 1.54) is 0 Å². The van der Waals surface area contributed by atoms with E-state index in [1.807, 2.05) is 41.1 Å². The second kappa shape index (κ2) is 7.46. The van der Waals surface area contributed by atoms with E-state index in [0.717, 1.165) is 52.4 Å². The molecule has 4 aromatic rings. The number of nitrogens with one attached hydrogen (secondary N) is 1. The normalized spacial score (nSPS) is 17.8. The summed E-state index contributed by atoms with van der Waals surface area (Å²) in [5.74, 6) is 0.942. The fourth-order valence-corrected chi connectivity index (χ4v) is 4.63. The van der Waals surface area contributed by atoms with Gasteiger partial charge in [0.2, 0.25) is 0 Å². The van der Waals surface area contributed by atoms with Crippen LogP contribution in [-0.4, -0.2) is 44.5 Å². The van der Waals surface area contributed by atoms with Gasteiger partial charge in [0.1, 0.15) is 5.78 Å². The van der Waals surface area contributed by atoms with Crippen LogP contribution in [0.15, 0.2) is 61.1 Å². The lowest BCUT2D eigenvalue weighted by molar-refractivity contribution is -0.117. The average Bonchev–Trinajstić information content (AvgIpc) is 3.52. The van der Waals surface area contributed by atoms with E-state index in [-0.39, 0.29) is 11.9 Å². The Morgan fingerprint density at radius 2 is 1.91 bits per heavy atom. The fourth-order valence-electron chi connectivity index (χ4n) is 4.63. The summed E-state index contributed by atoms with van der Waals surface area (Å²) in [6.45, 7) is 1.55. The van der Waals surface area contributed by atoms with E-state index in [1.54, 1.807) is 6.20 Å². The van der Waals surface area contributed by atoms with E-state index in [0.29, 0.717) is 25.2 Å². The van der Waals surface area contributed by atoms with Crippen molar-refractivity contribution in [1.29, 1.82) is 0 Å². The van der Waals surface area contributed by atoms with Crippen molar-refractivity contribution in [3.63, 3.8) is 0 Å². The number of carbonyl (C=O) groups is 1. The number of β-amino-alcohol motifs (C(OH)–C–C–N with tert-alkyl or cyclic N) is 1. The van der Waals surface area contributed by atoms with Crippen molar-refractivity contribution >= 4 is 28.6 Å². The molecule has 0 amide bonds. The Balaban J connectivity index is 1.32. The highest BCUT2D eigenvalue weighted by Gasteiger charge is 2.21. The standard InChI is InChI=1S/C25H23N5O2/c31-21-7-9-29(14-21)20-5-3-19(4-6-20)27-24-25-26-8-10-30(25)15-23(28-24)17-2-1-16-12-22(32)13-18(16)11-17/h1-6,8,10-11,15,21,31H,7,9,12-14H2,(H,27,28)/t21-/m0/s1. The first-order valence-corrected chi connectivity index (χ1v) is 10.9. The average molecular weight is 425 g/mol. The molecule has 7 nitrogen and oxygen atoms in total. The summed E-state index contributed by atoms with van der Waals surface area (Å²) in [5.41, 5.74) is 6.79. The van der Waals surface area contributed by atoms with E-state index in [2.05, 4.69) is 33.4 Å². The van der Waals surface area contributed by atoms with Crippen molar-refractivity contribution < 1.29 is 9.90 Å². The quantitative estimate of drug-likeness (QED) is 0.522. The predicted molar refractivity (Wildman–Crippen MR) is 123 cm³/mol. The number of Topliss-reactive ketones (excluding diaryl/α,β-unsaturated/α-hetero) is 1. The van der Waals surface area contributed by atoms with Gasteiger partial charge in [-0.1, -0.05) is 12.1 Å². The molecule has 2 aromatic heterocycles. The van der Waals surface area contributed by atoms with Gasteiger partial charge in [0.05, 0.1) is 11.8 Å². The highest BCUT2D eigenvalue weighted by Crippen LogP contribution is 2.29. The van der Waals surface area contributed by atoms with Crippen LogP contribution in [0.2, 0.25) is 0 Å². The monoisotopic (exact) mass is 425 g/mol. The van der Waals surface area contributed by atoms with Gasteiger partial charge in [-0.15, -0.1) is 0 Å². The number of aliphatic hydroxyl groups is 1. The van der Waals surface area contributed by atoms with Crippen LogP contribution in [0.3, 0.4) is 0 Å². The summed E-state index contributed by atoms with van der Waals surface area (Å²) in [6, 6.07) is 14.3. The summed E-state index contributed by atoms with van der Waals surface area (Å²) in [7, 11) is 0. The Hall–Kier alpha value is -3.71. The number of hydrogen-bond donors (Lipinski definition) is 2. The number of nitrogens with zero attached hydrogens (tertiary/aromatic N) is 4. The number of aromatic nitrogens is 3. The number of benzene rings is 2. The number of carbonyl (C=O) groups excluding carboxylic acids is 1. The van der Waals surface area contributed by atoms with Gasteiger partial charge in [-0.05, 0) is 47.9 Å². The molecule has 6 rings (SSSR count). The second-order valence-corrected chi connectivity index (χ2v) is 8.57. The summed E-state index contributed by atoms with van der Waals surface area (Å²) in [5, 5.41) is 13.2. The van der Waals surface area contributed by atoms with Gasteiger partial charge in [-0.2, -0.15) is 0 Å². The summed E-state index contributed by atoms with van der Waals surface area (Å²) in [4.78, 5) is 23.3. The number of aliphatic hydroxyl groups excluding tert-OH is 1. The van der Waals surface area contributed by atoms with E-state index < -0.39 is 0 Å². The SMILES string of the molecule is O=C1Cc2ccc(-c3cn4ccnc4c(Nc4ccc(N5CC[C@H](O)C5)cc4)n3)cc2C1. The molecule has 160 valence electrons. The summed E-state index contributed by atoms with van der Waals surface area (Å²) < 4.78 is 1.96. The summed E-state index contributed by atoms with van der Waals surface area (Å²) >= 11 is 0. The van der Waals surface area contributed by atoms with Crippen LogP contribution < -0.4 is 10.2 Å². The molecule has 0 saturated carbocycles. The smallest absolute Gasteiger partial charge is 0.180 e. The first kappa shape index (κ1) is 19.0. The van der Waals surface area contributed by atoms with E-state index in [4.69, 9.17) is 4.98 Å². The first-order valence-electron chi connectivity index (χ1n) is 10.9. The molecule has 1 saturated heterocycles. The molecule has 0 spiro atoms. The zero-order valence-electron chi connectivity index (χ0n) is 17.5. The Labute approximate surface area is 185 Å². The lowest BCUT2D eigenvalue weighted by Crippen LogP contribution is -2.20. The molecule has 1 aliphatic heterocycles. The predicted octanol–water partition coefficient (Wildman–Crippen LogP) is 3.38. The topological polar surface area (TPSA) is 82.8 Å². The van der Waals surface area contributed by atoms with Crippen LogP contribution in [0.4, 0.5) is 17.2 Å². The molecule has 2 aliphatic rings. The molecule has 0 bridgehead atoms. The van der Waals surface area contributed by atoms with Crippen LogP contribution >= 0.6 is 0 Å². The number of rotatable bonds is 4. The maximum absolute atomic E-state index is 11.8. The van der Waals surface area contributed by atoms with Gasteiger partial charge >= 0.3 is 0 Å². The van der Waals surface area contributed by atoms with Crippen molar-refractivity contribution in [3.05, 3.63) is 72.2 Å². The number of anilines is 3. The summed E-state index contributed by atoms with van der Waals surface area (Å²) in [6.07, 6.45) is 7.23. The lowest BCUT2D eigenvalue weighted by Gasteiger charge is -2.18. The molecule has 2 N–H and O–H groups in total. The molecular weight excluding hydrogens is 402 g/mol. The minimum atomic E-state index is -0.245. The molecule has 32 heavy (non-hydrogen) atoms. The molecule has 1 fully saturated rings. The van der Waals surface area contributed by atoms with Gasteiger partial charge in [0.15, 0.2) is 11.5 Å². The highest BCUT2D eigenvalue weighted by atomic mass is 16.3. The molecule has 7 heteroatoms. The molecule has 1 atom stereocenters. The van der Waals surface area contributed by atoms with E-state index >= 15 is 0 Å². The van der Waals surface area contributed by atoms with Crippen LogP contribution in [0.1, 0.15) is 17.5 Å². The van der Waals surface area contributed by atoms with Gasteiger partial charge in [0, 0.05) is 61.5 Å². The maximum atomic E-state index is 11.8. The molecule has 3 heterocycles. The third-order valence-electron chi connectivity index (χ3n) is 6.31. The van der Waals surface area contributed by atoms with Crippen molar-refractivity contribution in [3.8, 4) is 11.3 Å². The van der Waals surface area contributed by atoms with Gasteiger partial charge in [-0.25, -0.2) is 9.97 Å². The number of ketones is 1. The molecule has 0 radical (unpaired) electrons. The van der Waals surface area contributed by atoms with Crippen LogP contribution in [-0.2, 0) is 17.6 Å². The van der Waals surface area contributed by atoms with Crippen LogP contribution in [0, 0.1) is 0 Å². The lowest BCUT2D eigenvalue weighted by atomic mass is 10.0. The van der Waals surface area contributed by atoms with Crippen molar-refractivity contribution in [2.75, 3.05) is 23.3 Å². The van der Waals surface area contributed by atoms with Gasteiger partial charge in [0.25, 0.3) is 0 Å². The Kier molecular flexibility index (Phi) is 4.43. The van der Waals surface area contributed by atoms with Crippen molar-refractivity contribution in [2.24, 2.45) is 0 Å². The minimum absolute atomic E-state index is 0.245. The number of hydrogen-bond acceptors (Lipinski definition) is 6. The zero-order chi connectivity index (χ0) is 21.7. The maximum Gasteiger partial charge on any atom is 0.180 e. The van der Waals surface area contributed by atoms with Crippen molar-refractivity contribution in [1.82, 2.24) is 14.4 Å². The third-order valence-corrected chi connectivity index (χ3v) is 6.31.